The Hall–Kier alpha value is -3.43. The van der Waals surface area contributed by atoms with E-state index in [1.807, 2.05) is 66.2 Å². The van der Waals surface area contributed by atoms with Gasteiger partial charge in [-0.05, 0) is 92.5 Å². The standard InChI is InChI=1S/C36H50N4O4Si/c1-25-32(26(2)40(39-25)24-43-20-21-45(4,5)6)29-14-16-30(17-15-29)37-34(41)33(31(28-12-13-28)22-36(3)18-19-36)38-35(42)44-23-27-10-8-7-9-11-27/h7-11,14-17,28,31,33H,12-13,18-24H2,1-6H3,(H,37,41)(H,38,42)/t31-,33+/m1/s1. The molecule has 0 unspecified atom stereocenters. The van der Waals surface area contributed by atoms with Crippen molar-refractivity contribution >= 4 is 25.8 Å². The molecule has 0 aliphatic heterocycles. The molecule has 3 aromatic rings. The van der Waals surface area contributed by atoms with Crippen LogP contribution in [0, 0.1) is 31.1 Å². The van der Waals surface area contributed by atoms with Crippen molar-refractivity contribution in [1.29, 1.82) is 0 Å². The largest absolute Gasteiger partial charge is 0.445 e. The molecule has 2 fully saturated rings. The third kappa shape index (κ3) is 9.30. The van der Waals surface area contributed by atoms with Crippen LogP contribution in [0.4, 0.5) is 10.5 Å². The molecule has 45 heavy (non-hydrogen) atoms. The number of amides is 2. The summed E-state index contributed by atoms with van der Waals surface area (Å²) in [6, 6.07) is 17.9. The van der Waals surface area contributed by atoms with Gasteiger partial charge in [0.05, 0.1) is 5.69 Å². The van der Waals surface area contributed by atoms with Gasteiger partial charge in [0.15, 0.2) is 0 Å². The van der Waals surface area contributed by atoms with Gasteiger partial charge in [0, 0.05) is 31.6 Å². The minimum atomic E-state index is -1.15. The molecule has 1 aromatic heterocycles. The van der Waals surface area contributed by atoms with Gasteiger partial charge in [-0.1, -0.05) is 69.0 Å². The van der Waals surface area contributed by atoms with Gasteiger partial charge in [-0.2, -0.15) is 5.10 Å². The molecule has 2 aliphatic rings. The number of aromatic nitrogens is 2. The van der Waals surface area contributed by atoms with Crippen LogP contribution in [-0.2, 0) is 27.6 Å². The summed E-state index contributed by atoms with van der Waals surface area (Å²) in [7, 11) is -1.15. The number of aryl methyl sites for hydroxylation is 1. The Labute approximate surface area is 269 Å². The number of ether oxygens (including phenoxy) is 2. The highest BCUT2D eigenvalue weighted by Crippen LogP contribution is 2.54. The van der Waals surface area contributed by atoms with Crippen molar-refractivity contribution in [2.24, 2.45) is 17.3 Å². The summed E-state index contributed by atoms with van der Waals surface area (Å²) in [6.45, 7) is 14.8. The first-order chi connectivity index (χ1) is 21.4. The topological polar surface area (TPSA) is 94.5 Å². The minimum Gasteiger partial charge on any atom is -0.445 e. The maximum atomic E-state index is 13.8. The van der Waals surface area contributed by atoms with Gasteiger partial charge < -0.3 is 20.1 Å². The average Bonchev–Trinajstić information content (AvgIpc) is 3.93. The monoisotopic (exact) mass is 630 g/mol. The lowest BCUT2D eigenvalue weighted by Gasteiger charge is -2.29. The minimum absolute atomic E-state index is 0.0742. The Morgan fingerprint density at radius 3 is 2.36 bits per heavy atom. The lowest BCUT2D eigenvalue weighted by atomic mass is 9.83. The molecule has 242 valence electrons. The van der Waals surface area contributed by atoms with E-state index in [9.17, 15) is 9.59 Å². The van der Waals surface area contributed by atoms with Crippen LogP contribution in [0.2, 0.25) is 25.7 Å². The predicted octanol–water partition coefficient (Wildman–Crippen LogP) is 7.93. The van der Waals surface area contributed by atoms with Gasteiger partial charge in [-0.3, -0.25) is 4.79 Å². The van der Waals surface area contributed by atoms with E-state index in [4.69, 9.17) is 14.6 Å². The number of alkyl carbamates (subject to hydrolysis) is 1. The molecule has 0 bridgehead atoms. The third-order valence-electron chi connectivity index (χ3n) is 9.29. The maximum absolute atomic E-state index is 13.8. The van der Waals surface area contributed by atoms with E-state index in [2.05, 4.69) is 44.1 Å². The van der Waals surface area contributed by atoms with Crippen LogP contribution in [0.5, 0.6) is 0 Å². The molecule has 1 heterocycles. The van der Waals surface area contributed by atoms with Crippen LogP contribution in [0.15, 0.2) is 54.6 Å². The average molecular weight is 631 g/mol. The molecule has 2 aliphatic carbocycles. The van der Waals surface area contributed by atoms with Crippen molar-refractivity contribution in [2.75, 3.05) is 11.9 Å². The molecule has 5 rings (SSSR count). The Kier molecular flexibility index (Phi) is 10.2. The fourth-order valence-electron chi connectivity index (χ4n) is 6.04. The number of carbonyl (C=O) groups is 2. The Morgan fingerprint density at radius 2 is 1.73 bits per heavy atom. The molecule has 0 spiro atoms. The fourth-order valence-corrected chi connectivity index (χ4v) is 6.79. The van der Waals surface area contributed by atoms with E-state index in [-0.39, 0.29) is 23.8 Å². The molecule has 9 heteroatoms. The summed E-state index contributed by atoms with van der Waals surface area (Å²) < 4.78 is 13.4. The summed E-state index contributed by atoms with van der Waals surface area (Å²) >= 11 is 0. The van der Waals surface area contributed by atoms with Crippen molar-refractivity contribution < 1.29 is 19.1 Å². The molecular formula is C36H50N4O4Si. The van der Waals surface area contributed by atoms with Gasteiger partial charge in [0.2, 0.25) is 5.91 Å². The van der Waals surface area contributed by atoms with Crippen molar-refractivity contribution in [3.8, 4) is 11.1 Å². The van der Waals surface area contributed by atoms with Gasteiger partial charge in [0.25, 0.3) is 0 Å². The molecule has 2 saturated carbocycles. The van der Waals surface area contributed by atoms with Crippen molar-refractivity contribution in [3.05, 3.63) is 71.5 Å². The van der Waals surface area contributed by atoms with Crippen molar-refractivity contribution in [3.63, 3.8) is 0 Å². The molecular weight excluding hydrogens is 581 g/mol. The summed E-state index contributed by atoms with van der Waals surface area (Å²) in [5.41, 5.74) is 5.96. The van der Waals surface area contributed by atoms with Crippen LogP contribution >= 0.6 is 0 Å². The molecule has 2 amide bonds. The zero-order valence-corrected chi connectivity index (χ0v) is 28.8. The molecule has 2 atom stereocenters. The van der Waals surface area contributed by atoms with Crippen molar-refractivity contribution in [2.45, 2.75) is 97.9 Å². The number of anilines is 1. The zero-order valence-electron chi connectivity index (χ0n) is 27.8. The summed E-state index contributed by atoms with van der Waals surface area (Å²) in [5, 5.41) is 10.8. The van der Waals surface area contributed by atoms with E-state index in [0.29, 0.717) is 18.3 Å². The second kappa shape index (κ2) is 13.9. The number of nitrogens with one attached hydrogen (secondary N) is 2. The number of benzene rings is 2. The van der Waals surface area contributed by atoms with Gasteiger partial charge in [-0.15, -0.1) is 0 Å². The fraction of sp³-hybridized carbons (Fsp3) is 0.528. The highest BCUT2D eigenvalue weighted by molar-refractivity contribution is 6.76. The van der Waals surface area contributed by atoms with E-state index in [1.165, 1.54) is 12.8 Å². The quantitative estimate of drug-likeness (QED) is 0.131. The molecule has 2 N–H and O–H groups in total. The van der Waals surface area contributed by atoms with Crippen LogP contribution in [0.25, 0.3) is 11.1 Å². The summed E-state index contributed by atoms with van der Waals surface area (Å²) in [4.78, 5) is 26.8. The first kappa shape index (κ1) is 32.9. The number of hydrogen-bond donors (Lipinski definition) is 2. The van der Waals surface area contributed by atoms with E-state index >= 15 is 0 Å². The van der Waals surface area contributed by atoms with Crippen molar-refractivity contribution in [1.82, 2.24) is 15.1 Å². The van der Waals surface area contributed by atoms with Crippen LogP contribution in [-0.4, -0.2) is 42.5 Å². The van der Waals surface area contributed by atoms with E-state index < -0.39 is 20.2 Å². The smallest absolute Gasteiger partial charge is 0.408 e. The van der Waals surface area contributed by atoms with E-state index in [0.717, 1.165) is 60.0 Å². The van der Waals surface area contributed by atoms with Crippen LogP contribution < -0.4 is 10.6 Å². The summed E-state index contributed by atoms with van der Waals surface area (Å²) in [5.74, 6) is 0.318. The number of hydrogen-bond acceptors (Lipinski definition) is 5. The third-order valence-corrected chi connectivity index (χ3v) is 11.0. The van der Waals surface area contributed by atoms with Gasteiger partial charge in [0.1, 0.15) is 19.4 Å². The van der Waals surface area contributed by atoms with Gasteiger partial charge in [-0.25, -0.2) is 9.48 Å². The lowest BCUT2D eigenvalue weighted by Crippen LogP contribution is -2.49. The highest BCUT2D eigenvalue weighted by atomic mass is 28.3. The second-order valence-corrected chi connectivity index (χ2v) is 20.3. The first-order valence-corrected chi connectivity index (χ1v) is 20.1. The Bertz CT molecular complexity index is 1460. The Morgan fingerprint density at radius 1 is 1.04 bits per heavy atom. The first-order valence-electron chi connectivity index (χ1n) is 16.4. The maximum Gasteiger partial charge on any atom is 0.408 e. The number of rotatable bonds is 15. The normalized spacial score (nSPS) is 16.9. The molecule has 0 saturated heterocycles. The van der Waals surface area contributed by atoms with Gasteiger partial charge >= 0.3 is 6.09 Å². The van der Waals surface area contributed by atoms with Crippen LogP contribution in [0.3, 0.4) is 0 Å². The highest BCUT2D eigenvalue weighted by Gasteiger charge is 2.48. The summed E-state index contributed by atoms with van der Waals surface area (Å²) in [6.07, 6.45) is 4.90. The van der Waals surface area contributed by atoms with E-state index in [1.54, 1.807) is 0 Å². The molecule has 0 radical (unpaired) electrons. The molecule has 8 nitrogen and oxygen atoms in total. The molecule has 2 aromatic carbocycles. The SMILES string of the molecule is Cc1nn(COCC[Si](C)(C)C)c(C)c1-c1ccc(NC(=O)[C@@H](NC(=O)OCc2ccccc2)[C@H](CC2(C)CC2)C2CC2)cc1. The number of carbonyl (C=O) groups excluding carboxylic acids is 2. The lowest BCUT2D eigenvalue weighted by molar-refractivity contribution is -0.119. The zero-order chi connectivity index (χ0) is 32.2. The van der Waals surface area contributed by atoms with Crippen LogP contribution in [0.1, 0.15) is 56.0 Å². The predicted molar refractivity (Wildman–Crippen MR) is 182 cm³/mol. The second-order valence-electron chi connectivity index (χ2n) is 14.7. The number of nitrogens with zero attached hydrogens (tertiary/aromatic N) is 2. The Balaban J connectivity index is 1.25.